The quantitative estimate of drug-likeness (QED) is 0.388. The van der Waals surface area contributed by atoms with Crippen molar-refractivity contribution < 1.29 is 9.59 Å². The van der Waals surface area contributed by atoms with E-state index in [1.165, 1.54) is 12.2 Å². The Labute approximate surface area is 51.3 Å². The molecule has 1 aliphatic carbocycles. The van der Waals surface area contributed by atoms with Crippen LogP contribution in [0, 0.1) is 0 Å². The standard InChI is InChI=1S/C5H4N2O2/c8-3-6-5(1-2-5)7-4-9/h1-2H2. The van der Waals surface area contributed by atoms with Crippen LogP contribution in [0.3, 0.4) is 0 Å². The Morgan fingerprint density at radius 3 is 1.78 bits per heavy atom. The Hall–Kier alpha value is -1.24. The zero-order chi connectivity index (χ0) is 6.74. The van der Waals surface area contributed by atoms with Crippen LogP contribution in [0.2, 0.25) is 0 Å². The first-order chi connectivity index (χ1) is 4.33. The maximum absolute atomic E-state index is 9.65. The van der Waals surface area contributed by atoms with Crippen LogP contribution in [0.1, 0.15) is 12.8 Å². The minimum absolute atomic E-state index is 0.664. The van der Waals surface area contributed by atoms with Crippen LogP contribution < -0.4 is 0 Å². The van der Waals surface area contributed by atoms with E-state index in [-0.39, 0.29) is 0 Å². The van der Waals surface area contributed by atoms with Gasteiger partial charge < -0.3 is 0 Å². The van der Waals surface area contributed by atoms with Gasteiger partial charge in [0, 0.05) is 0 Å². The average Bonchev–Trinajstić information content (AvgIpc) is 2.51. The third-order valence-electron chi connectivity index (χ3n) is 1.20. The van der Waals surface area contributed by atoms with E-state index in [9.17, 15) is 9.59 Å². The second-order valence-corrected chi connectivity index (χ2v) is 1.89. The maximum atomic E-state index is 9.65. The molecule has 1 aliphatic rings. The van der Waals surface area contributed by atoms with Gasteiger partial charge in [0.1, 0.15) is 0 Å². The predicted octanol–water partition coefficient (Wildman–Crippen LogP) is 0.148. The summed E-state index contributed by atoms with van der Waals surface area (Å²) in [5.41, 5.74) is -0.747. The van der Waals surface area contributed by atoms with Crippen molar-refractivity contribution in [1.29, 1.82) is 0 Å². The number of hydrogen-bond acceptors (Lipinski definition) is 4. The number of aliphatic imine (C=N–C) groups is 2. The second-order valence-electron chi connectivity index (χ2n) is 1.89. The molecule has 0 N–H and O–H groups in total. The highest BCUT2D eigenvalue weighted by Crippen LogP contribution is 2.40. The summed E-state index contributed by atoms with van der Waals surface area (Å²) in [7, 11) is 0. The van der Waals surface area contributed by atoms with Crippen molar-refractivity contribution in [2.24, 2.45) is 9.98 Å². The van der Waals surface area contributed by atoms with Crippen molar-refractivity contribution in [2.75, 3.05) is 0 Å². The van der Waals surface area contributed by atoms with E-state index in [0.717, 1.165) is 0 Å². The zero-order valence-corrected chi connectivity index (χ0v) is 4.63. The highest BCUT2D eigenvalue weighted by Gasteiger charge is 2.43. The Morgan fingerprint density at radius 1 is 1.11 bits per heavy atom. The van der Waals surface area contributed by atoms with Gasteiger partial charge in [-0.3, -0.25) is 0 Å². The Morgan fingerprint density at radius 2 is 1.56 bits per heavy atom. The molecule has 9 heavy (non-hydrogen) atoms. The Kier molecular flexibility index (Phi) is 1.27. The van der Waals surface area contributed by atoms with Crippen LogP contribution in [0.15, 0.2) is 9.98 Å². The molecule has 0 amide bonds. The molecular weight excluding hydrogens is 120 g/mol. The van der Waals surface area contributed by atoms with E-state index in [2.05, 4.69) is 9.98 Å². The smallest absolute Gasteiger partial charge is 0.211 e. The first-order valence-electron chi connectivity index (χ1n) is 2.51. The second kappa shape index (κ2) is 1.94. The molecule has 46 valence electrons. The Balaban J connectivity index is 2.74. The fraction of sp³-hybridized carbons (Fsp3) is 0.600. The summed E-state index contributed by atoms with van der Waals surface area (Å²) in [6.45, 7) is 0. The van der Waals surface area contributed by atoms with Gasteiger partial charge in [-0.25, -0.2) is 9.59 Å². The van der Waals surface area contributed by atoms with Gasteiger partial charge in [0.25, 0.3) is 0 Å². The summed E-state index contributed by atoms with van der Waals surface area (Å²) in [5, 5.41) is 0. The van der Waals surface area contributed by atoms with Crippen molar-refractivity contribution in [1.82, 2.24) is 0 Å². The summed E-state index contributed by atoms with van der Waals surface area (Å²) in [6.07, 6.45) is 4.04. The van der Waals surface area contributed by atoms with Crippen molar-refractivity contribution in [3.05, 3.63) is 0 Å². The molecule has 1 saturated carbocycles. The van der Waals surface area contributed by atoms with Crippen molar-refractivity contribution in [2.45, 2.75) is 18.5 Å². The summed E-state index contributed by atoms with van der Waals surface area (Å²) in [5.74, 6) is 0. The molecule has 0 atom stereocenters. The molecule has 0 bridgehead atoms. The molecule has 4 heteroatoms. The van der Waals surface area contributed by atoms with Gasteiger partial charge in [-0.2, -0.15) is 9.98 Å². The SMILES string of the molecule is O=C=NC1(N=C=O)CC1. The van der Waals surface area contributed by atoms with Crippen molar-refractivity contribution in [3.8, 4) is 0 Å². The van der Waals surface area contributed by atoms with Crippen LogP contribution in [-0.4, -0.2) is 17.8 Å². The molecule has 0 heterocycles. The lowest BCUT2D eigenvalue weighted by Gasteiger charge is -1.89. The van der Waals surface area contributed by atoms with Crippen molar-refractivity contribution >= 4 is 12.2 Å². The lowest BCUT2D eigenvalue weighted by Crippen LogP contribution is -1.96. The molecule has 0 aromatic carbocycles. The number of rotatable bonds is 2. The van der Waals surface area contributed by atoms with Crippen LogP contribution in [0.25, 0.3) is 0 Å². The van der Waals surface area contributed by atoms with Gasteiger partial charge in [0.05, 0.1) is 0 Å². The highest BCUT2D eigenvalue weighted by molar-refractivity contribution is 5.40. The summed E-state index contributed by atoms with van der Waals surface area (Å²) in [4.78, 5) is 26.0. The first kappa shape index (κ1) is 5.89. The number of nitrogens with zero attached hydrogens (tertiary/aromatic N) is 2. The van der Waals surface area contributed by atoms with Gasteiger partial charge in [-0.05, 0) is 12.8 Å². The third-order valence-corrected chi connectivity index (χ3v) is 1.20. The number of hydrogen-bond donors (Lipinski definition) is 0. The van der Waals surface area contributed by atoms with E-state index in [0.29, 0.717) is 12.8 Å². The molecule has 0 aliphatic heterocycles. The van der Waals surface area contributed by atoms with E-state index >= 15 is 0 Å². The minimum Gasteiger partial charge on any atom is -0.211 e. The molecule has 0 radical (unpaired) electrons. The van der Waals surface area contributed by atoms with Gasteiger partial charge in [-0.15, -0.1) is 0 Å². The lowest BCUT2D eigenvalue weighted by atomic mass is 10.6. The van der Waals surface area contributed by atoms with Gasteiger partial charge in [-0.1, -0.05) is 0 Å². The maximum Gasteiger partial charge on any atom is 0.237 e. The third kappa shape index (κ3) is 1.11. The van der Waals surface area contributed by atoms with Gasteiger partial charge in [0.2, 0.25) is 12.2 Å². The molecule has 4 nitrogen and oxygen atoms in total. The summed E-state index contributed by atoms with van der Waals surface area (Å²) in [6, 6.07) is 0. The van der Waals surface area contributed by atoms with Crippen LogP contribution in [0.5, 0.6) is 0 Å². The fourth-order valence-electron chi connectivity index (χ4n) is 0.530. The molecule has 0 aromatic heterocycles. The highest BCUT2D eigenvalue weighted by atomic mass is 16.1. The zero-order valence-electron chi connectivity index (χ0n) is 4.63. The first-order valence-corrected chi connectivity index (χ1v) is 2.51. The summed E-state index contributed by atoms with van der Waals surface area (Å²) < 4.78 is 0. The summed E-state index contributed by atoms with van der Waals surface area (Å²) >= 11 is 0. The minimum atomic E-state index is -0.747. The Bertz CT molecular complexity index is 187. The lowest BCUT2D eigenvalue weighted by molar-refractivity contribution is 0.547. The molecule has 0 spiro atoms. The van der Waals surface area contributed by atoms with Gasteiger partial charge in [0.15, 0.2) is 5.66 Å². The molecule has 1 fully saturated rings. The topological polar surface area (TPSA) is 58.9 Å². The average molecular weight is 124 g/mol. The van der Waals surface area contributed by atoms with Crippen LogP contribution in [-0.2, 0) is 9.59 Å². The fourth-order valence-corrected chi connectivity index (χ4v) is 0.530. The van der Waals surface area contributed by atoms with Crippen LogP contribution in [0.4, 0.5) is 0 Å². The molecule has 0 saturated heterocycles. The van der Waals surface area contributed by atoms with E-state index in [1.807, 2.05) is 0 Å². The van der Waals surface area contributed by atoms with E-state index in [4.69, 9.17) is 0 Å². The van der Waals surface area contributed by atoms with Crippen LogP contribution >= 0.6 is 0 Å². The molecule has 0 aromatic rings. The van der Waals surface area contributed by atoms with Gasteiger partial charge >= 0.3 is 0 Å². The number of isocyanates is 2. The largest absolute Gasteiger partial charge is 0.237 e. The molecule has 1 rings (SSSR count). The van der Waals surface area contributed by atoms with Crippen molar-refractivity contribution in [3.63, 3.8) is 0 Å². The predicted molar refractivity (Wildman–Crippen MR) is 28.2 cm³/mol. The molecular formula is C5H4N2O2. The molecule has 0 unspecified atom stereocenters. The normalized spacial score (nSPS) is 19.1. The monoisotopic (exact) mass is 124 g/mol. The number of carbonyl (C=O) groups excluding carboxylic acids is 2. The van der Waals surface area contributed by atoms with E-state index < -0.39 is 5.66 Å². The van der Waals surface area contributed by atoms with E-state index in [1.54, 1.807) is 0 Å².